The first-order valence-electron chi connectivity index (χ1n) is 5.92. The number of aliphatic hydroxyl groups is 1. The van der Waals surface area contributed by atoms with E-state index in [4.69, 9.17) is 18.9 Å². The van der Waals surface area contributed by atoms with E-state index in [1.54, 1.807) is 0 Å². The summed E-state index contributed by atoms with van der Waals surface area (Å²) in [6.07, 6.45) is 2.39. The zero-order valence-electron chi connectivity index (χ0n) is 9.37. The molecule has 0 aliphatic carbocycles. The van der Waals surface area contributed by atoms with Gasteiger partial charge in [0, 0.05) is 12.8 Å². The summed E-state index contributed by atoms with van der Waals surface area (Å²) in [4.78, 5) is 0. The van der Waals surface area contributed by atoms with Gasteiger partial charge in [-0.1, -0.05) is 0 Å². The summed E-state index contributed by atoms with van der Waals surface area (Å²) in [7, 11) is 0. The van der Waals surface area contributed by atoms with E-state index < -0.39 is 6.10 Å². The Morgan fingerprint density at radius 3 is 2.38 bits per heavy atom. The predicted molar refractivity (Wildman–Crippen MR) is 53.9 cm³/mol. The molecule has 16 heavy (non-hydrogen) atoms. The molecule has 0 amide bonds. The fourth-order valence-electron chi connectivity index (χ4n) is 2.28. The van der Waals surface area contributed by atoms with Gasteiger partial charge in [0.2, 0.25) is 0 Å². The molecule has 6 atom stereocenters. The smallest absolute Gasteiger partial charge is 0.147 e. The highest BCUT2D eigenvalue weighted by molar-refractivity contribution is 4.95. The van der Waals surface area contributed by atoms with E-state index in [1.165, 1.54) is 0 Å². The van der Waals surface area contributed by atoms with Crippen LogP contribution in [0.15, 0.2) is 0 Å². The van der Waals surface area contributed by atoms with Gasteiger partial charge >= 0.3 is 0 Å². The molecular formula is C11H18O5. The molecule has 92 valence electrons. The second kappa shape index (κ2) is 4.23. The summed E-state index contributed by atoms with van der Waals surface area (Å²) in [5.74, 6) is 0. The monoisotopic (exact) mass is 230 g/mol. The first-order valence-corrected chi connectivity index (χ1v) is 5.92. The third-order valence-corrected chi connectivity index (χ3v) is 3.54. The van der Waals surface area contributed by atoms with Crippen molar-refractivity contribution in [1.82, 2.24) is 0 Å². The number of hydrogen-bond donors (Lipinski definition) is 1. The van der Waals surface area contributed by atoms with E-state index in [1.807, 2.05) is 0 Å². The van der Waals surface area contributed by atoms with Crippen LogP contribution in [0, 0.1) is 0 Å². The molecule has 3 saturated heterocycles. The molecule has 3 aliphatic rings. The Morgan fingerprint density at radius 1 is 1.06 bits per heavy atom. The number of ether oxygens (including phenoxy) is 4. The maximum Gasteiger partial charge on any atom is 0.147 e. The minimum atomic E-state index is -0.519. The first-order chi connectivity index (χ1) is 7.74. The normalized spacial score (nSPS) is 51.4. The standard InChI is InChI=1S/C11H18O5/c1-6-8(15-6)2-10-11(16-10)3-9-7(12)4-13-5-14-9/h6-12H,2-5H2,1H3. The van der Waals surface area contributed by atoms with E-state index in [2.05, 4.69) is 6.92 Å². The highest BCUT2D eigenvalue weighted by atomic mass is 16.7. The van der Waals surface area contributed by atoms with Crippen LogP contribution in [0.1, 0.15) is 19.8 Å². The maximum absolute atomic E-state index is 9.64. The van der Waals surface area contributed by atoms with Crippen LogP contribution >= 0.6 is 0 Å². The Kier molecular flexibility index (Phi) is 2.89. The van der Waals surface area contributed by atoms with Gasteiger partial charge in [-0.15, -0.1) is 0 Å². The van der Waals surface area contributed by atoms with Crippen LogP contribution in [-0.2, 0) is 18.9 Å². The van der Waals surface area contributed by atoms with Gasteiger partial charge in [-0.3, -0.25) is 0 Å². The maximum atomic E-state index is 9.64. The number of rotatable bonds is 4. The number of aliphatic hydroxyl groups excluding tert-OH is 1. The van der Waals surface area contributed by atoms with Crippen molar-refractivity contribution in [3.05, 3.63) is 0 Å². The molecule has 0 aromatic carbocycles. The van der Waals surface area contributed by atoms with Gasteiger partial charge in [0.15, 0.2) is 0 Å². The van der Waals surface area contributed by atoms with Gasteiger partial charge < -0.3 is 24.1 Å². The van der Waals surface area contributed by atoms with E-state index in [0.717, 1.165) is 12.8 Å². The topological polar surface area (TPSA) is 63.8 Å². The van der Waals surface area contributed by atoms with Gasteiger partial charge in [0.05, 0.1) is 37.1 Å². The molecule has 0 saturated carbocycles. The average molecular weight is 230 g/mol. The Labute approximate surface area is 94.6 Å². The van der Waals surface area contributed by atoms with Crippen LogP contribution < -0.4 is 0 Å². The summed E-state index contributed by atoms with van der Waals surface area (Å²) < 4.78 is 21.2. The molecule has 0 bridgehead atoms. The SMILES string of the molecule is CC1OC1CC1OC1CC1OCOCC1O. The average Bonchev–Trinajstić information content (AvgIpc) is 3.14. The van der Waals surface area contributed by atoms with Crippen molar-refractivity contribution in [3.8, 4) is 0 Å². The zero-order valence-corrected chi connectivity index (χ0v) is 9.37. The zero-order chi connectivity index (χ0) is 11.1. The van der Waals surface area contributed by atoms with Crippen LogP contribution in [0.3, 0.4) is 0 Å². The Balaban J connectivity index is 1.39. The largest absolute Gasteiger partial charge is 0.388 e. The molecule has 0 spiro atoms. The van der Waals surface area contributed by atoms with Crippen molar-refractivity contribution in [2.75, 3.05) is 13.4 Å². The first kappa shape index (κ1) is 10.9. The molecule has 3 rings (SSSR count). The highest BCUT2D eigenvalue weighted by Gasteiger charge is 2.47. The molecule has 6 unspecified atom stereocenters. The second-order valence-electron chi connectivity index (χ2n) is 4.83. The summed E-state index contributed by atoms with van der Waals surface area (Å²) in [6, 6.07) is 0. The second-order valence-corrected chi connectivity index (χ2v) is 4.83. The number of hydrogen-bond acceptors (Lipinski definition) is 5. The lowest BCUT2D eigenvalue weighted by atomic mass is 10.0. The predicted octanol–water partition coefficient (Wildman–Crippen LogP) is 0.0551. The van der Waals surface area contributed by atoms with Crippen molar-refractivity contribution in [1.29, 1.82) is 0 Å². The molecule has 1 N–H and O–H groups in total. The minimum absolute atomic E-state index is 0.138. The summed E-state index contributed by atoms with van der Waals surface area (Å²) in [5, 5.41) is 9.64. The van der Waals surface area contributed by atoms with Crippen molar-refractivity contribution in [3.63, 3.8) is 0 Å². The third-order valence-electron chi connectivity index (χ3n) is 3.54. The Bertz CT molecular complexity index is 259. The summed E-state index contributed by atoms with van der Waals surface area (Å²) >= 11 is 0. The van der Waals surface area contributed by atoms with Crippen LogP contribution in [0.25, 0.3) is 0 Å². The van der Waals surface area contributed by atoms with Gasteiger partial charge in [-0.05, 0) is 6.92 Å². The van der Waals surface area contributed by atoms with E-state index >= 15 is 0 Å². The van der Waals surface area contributed by atoms with Crippen LogP contribution in [0.2, 0.25) is 0 Å². The number of epoxide rings is 2. The van der Waals surface area contributed by atoms with E-state index in [9.17, 15) is 5.11 Å². The van der Waals surface area contributed by atoms with Crippen molar-refractivity contribution in [2.24, 2.45) is 0 Å². The van der Waals surface area contributed by atoms with Gasteiger partial charge in [-0.2, -0.15) is 0 Å². The van der Waals surface area contributed by atoms with Gasteiger partial charge in [0.25, 0.3) is 0 Å². The Hall–Kier alpha value is -0.200. The molecule has 0 aromatic heterocycles. The lowest BCUT2D eigenvalue weighted by Crippen LogP contribution is -2.39. The highest BCUT2D eigenvalue weighted by Crippen LogP contribution is 2.37. The molecule has 5 heteroatoms. The van der Waals surface area contributed by atoms with Gasteiger partial charge in [-0.25, -0.2) is 0 Å². The van der Waals surface area contributed by atoms with Crippen LogP contribution in [0.5, 0.6) is 0 Å². The molecule has 3 fully saturated rings. The van der Waals surface area contributed by atoms with Crippen molar-refractivity contribution < 1.29 is 24.1 Å². The molecule has 0 radical (unpaired) electrons. The fourth-order valence-corrected chi connectivity index (χ4v) is 2.28. The van der Waals surface area contributed by atoms with Crippen LogP contribution in [-0.4, -0.2) is 55.1 Å². The van der Waals surface area contributed by atoms with E-state index in [0.29, 0.717) is 24.9 Å². The molecular weight excluding hydrogens is 212 g/mol. The summed E-state index contributed by atoms with van der Waals surface area (Å²) in [6.45, 7) is 2.72. The van der Waals surface area contributed by atoms with Crippen molar-refractivity contribution in [2.45, 2.75) is 56.4 Å². The van der Waals surface area contributed by atoms with E-state index in [-0.39, 0.29) is 19.0 Å². The quantitative estimate of drug-likeness (QED) is 0.692. The molecule has 3 aliphatic heterocycles. The lowest BCUT2D eigenvalue weighted by molar-refractivity contribution is -0.195. The fraction of sp³-hybridized carbons (Fsp3) is 1.00. The minimum Gasteiger partial charge on any atom is -0.388 e. The molecule has 0 aromatic rings. The third kappa shape index (κ3) is 2.38. The lowest BCUT2D eigenvalue weighted by Gasteiger charge is -2.27. The molecule has 3 heterocycles. The van der Waals surface area contributed by atoms with Crippen molar-refractivity contribution >= 4 is 0 Å². The van der Waals surface area contributed by atoms with Crippen LogP contribution in [0.4, 0.5) is 0 Å². The van der Waals surface area contributed by atoms with Gasteiger partial charge in [0.1, 0.15) is 12.9 Å². The Morgan fingerprint density at radius 2 is 1.75 bits per heavy atom. The summed E-state index contributed by atoms with van der Waals surface area (Å²) in [5.41, 5.74) is 0. The molecule has 5 nitrogen and oxygen atoms in total.